The number of nitrogens with one attached hydrogen (secondary N) is 2. The van der Waals surface area contributed by atoms with E-state index < -0.39 is 0 Å². The molecule has 2 unspecified atom stereocenters. The van der Waals surface area contributed by atoms with Gasteiger partial charge in [0.2, 0.25) is 0 Å². The first kappa shape index (κ1) is 22.5. The third kappa shape index (κ3) is 7.66. The van der Waals surface area contributed by atoms with Crippen molar-refractivity contribution < 1.29 is 14.2 Å². The third-order valence-corrected chi connectivity index (χ3v) is 4.87. The van der Waals surface area contributed by atoms with Crippen LogP contribution in [0.2, 0.25) is 0 Å². The van der Waals surface area contributed by atoms with Crippen molar-refractivity contribution in [2.45, 2.75) is 31.4 Å². The molecule has 7 heteroatoms. The Morgan fingerprint density at radius 2 is 2.21 bits per heavy atom. The summed E-state index contributed by atoms with van der Waals surface area (Å²) in [4.78, 5) is 6.51. The van der Waals surface area contributed by atoms with Gasteiger partial charge in [0.25, 0.3) is 0 Å². The van der Waals surface area contributed by atoms with Gasteiger partial charge in [-0.25, -0.2) is 0 Å². The van der Waals surface area contributed by atoms with E-state index in [-0.39, 0.29) is 6.04 Å². The van der Waals surface area contributed by atoms with Gasteiger partial charge in [-0.2, -0.15) is 0 Å². The van der Waals surface area contributed by atoms with Gasteiger partial charge >= 0.3 is 0 Å². The van der Waals surface area contributed by atoms with E-state index in [1.807, 2.05) is 12.1 Å². The number of aliphatic imine (C=N–C) groups is 1. The molecule has 0 saturated carbocycles. The van der Waals surface area contributed by atoms with Crippen molar-refractivity contribution in [1.29, 1.82) is 0 Å². The number of ether oxygens (including phenoxy) is 3. The number of benzene rings is 1. The van der Waals surface area contributed by atoms with Crippen LogP contribution in [-0.2, 0) is 9.47 Å². The second-order valence-corrected chi connectivity index (χ2v) is 7.20. The fourth-order valence-electron chi connectivity index (χ4n) is 3.23. The van der Waals surface area contributed by atoms with Gasteiger partial charge in [-0.1, -0.05) is 12.1 Å². The van der Waals surface area contributed by atoms with Gasteiger partial charge in [-0.05, 0) is 51.1 Å². The zero-order chi connectivity index (χ0) is 20.2. The fraction of sp³-hybridized carbons (Fsp3) is 0.667. The minimum absolute atomic E-state index is 0.211. The molecule has 1 saturated heterocycles. The normalized spacial score (nSPS) is 18.3. The van der Waals surface area contributed by atoms with Crippen LogP contribution in [-0.4, -0.2) is 78.1 Å². The van der Waals surface area contributed by atoms with Gasteiger partial charge in [0.1, 0.15) is 5.75 Å². The monoisotopic (exact) mass is 392 g/mol. The molecule has 28 heavy (non-hydrogen) atoms. The lowest BCUT2D eigenvalue weighted by Gasteiger charge is -2.26. The minimum Gasteiger partial charge on any atom is -0.497 e. The molecule has 158 valence electrons. The van der Waals surface area contributed by atoms with Crippen molar-refractivity contribution in [2.75, 3.05) is 61.2 Å². The molecule has 0 bridgehead atoms. The summed E-state index contributed by atoms with van der Waals surface area (Å²) in [6, 6.07) is 8.40. The quantitative estimate of drug-likeness (QED) is 0.341. The predicted molar refractivity (Wildman–Crippen MR) is 113 cm³/mol. The molecule has 2 N–H and O–H groups in total. The number of nitrogens with zero attached hydrogens (tertiary/aromatic N) is 2. The molecule has 0 radical (unpaired) electrons. The number of hydrogen-bond donors (Lipinski definition) is 2. The van der Waals surface area contributed by atoms with Crippen LogP contribution in [0.15, 0.2) is 29.3 Å². The van der Waals surface area contributed by atoms with Gasteiger partial charge in [-0.3, -0.25) is 4.99 Å². The first-order valence-corrected chi connectivity index (χ1v) is 10.1. The standard InChI is InChI=1S/C21H36N4O3/c1-22-21(23-11-7-12-27-16-19-10-6-13-28-19)24-15-20(25(2)3)17-8-5-9-18(14-17)26-4/h5,8-9,14,19-20H,6-7,10-13,15-16H2,1-4H3,(H2,22,23,24). The van der Waals surface area contributed by atoms with Crippen LogP contribution in [0.3, 0.4) is 0 Å². The number of guanidine groups is 1. The van der Waals surface area contributed by atoms with Crippen LogP contribution in [0, 0.1) is 0 Å². The topological polar surface area (TPSA) is 67.4 Å². The van der Waals surface area contributed by atoms with E-state index in [0.29, 0.717) is 12.7 Å². The molecule has 2 atom stereocenters. The van der Waals surface area contributed by atoms with Crippen molar-refractivity contribution in [3.8, 4) is 5.75 Å². The Kier molecular flexibility index (Phi) is 10.1. The third-order valence-electron chi connectivity index (χ3n) is 4.87. The summed E-state index contributed by atoms with van der Waals surface area (Å²) >= 11 is 0. The molecule has 1 aromatic rings. The van der Waals surface area contributed by atoms with Gasteiger partial charge in [-0.15, -0.1) is 0 Å². The highest BCUT2D eigenvalue weighted by molar-refractivity contribution is 5.79. The first-order chi connectivity index (χ1) is 13.6. The smallest absolute Gasteiger partial charge is 0.191 e. The van der Waals surface area contributed by atoms with Crippen molar-refractivity contribution in [3.63, 3.8) is 0 Å². The van der Waals surface area contributed by atoms with E-state index in [1.54, 1.807) is 14.2 Å². The van der Waals surface area contributed by atoms with Crippen molar-refractivity contribution >= 4 is 5.96 Å². The molecule has 0 aliphatic carbocycles. The van der Waals surface area contributed by atoms with E-state index in [1.165, 1.54) is 5.56 Å². The van der Waals surface area contributed by atoms with Crippen LogP contribution in [0.25, 0.3) is 0 Å². The Balaban J connectivity index is 1.70. The summed E-state index contributed by atoms with van der Waals surface area (Å²) in [7, 11) is 7.64. The second-order valence-electron chi connectivity index (χ2n) is 7.20. The maximum absolute atomic E-state index is 5.70. The average Bonchev–Trinajstić information content (AvgIpc) is 3.22. The van der Waals surface area contributed by atoms with E-state index in [0.717, 1.165) is 57.3 Å². The largest absolute Gasteiger partial charge is 0.497 e. The predicted octanol–water partition coefficient (Wildman–Crippen LogP) is 2.05. The molecule has 1 aliphatic heterocycles. The zero-order valence-corrected chi connectivity index (χ0v) is 17.7. The van der Waals surface area contributed by atoms with Crippen molar-refractivity contribution in [1.82, 2.24) is 15.5 Å². The molecule has 0 aromatic heterocycles. The molecular formula is C21H36N4O3. The molecule has 7 nitrogen and oxygen atoms in total. The van der Waals surface area contributed by atoms with Crippen LogP contribution in [0.4, 0.5) is 0 Å². The van der Waals surface area contributed by atoms with Gasteiger partial charge in [0.05, 0.1) is 25.9 Å². The summed E-state index contributed by atoms with van der Waals surface area (Å²) in [5.74, 6) is 1.67. The van der Waals surface area contributed by atoms with Gasteiger partial charge in [0, 0.05) is 33.4 Å². The highest BCUT2D eigenvalue weighted by Crippen LogP contribution is 2.22. The van der Waals surface area contributed by atoms with Gasteiger partial charge in [0.15, 0.2) is 5.96 Å². The molecule has 0 amide bonds. The summed E-state index contributed by atoms with van der Waals surface area (Å²) < 4.78 is 16.6. The van der Waals surface area contributed by atoms with Crippen molar-refractivity contribution in [3.05, 3.63) is 29.8 Å². The SMILES string of the molecule is CN=C(NCCCOCC1CCCO1)NCC(c1cccc(OC)c1)N(C)C. The average molecular weight is 393 g/mol. The molecule has 1 heterocycles. The number of hydrogen-bond acceptors (Lipinski definition) is 5. The van der Waals surface area contributed by atoms with E-state index in [9.17, 15) is 0 Å². The zero-order valence-electron chi connectivity index (χ0n) is 17.7. The Labute approximate surface area is 169 Å². The number of methoxy groups -OCH3 is 1. The summed E-state index contributed by atoms with van der Waals surface area (Å²) in [6.45, 7) is 3.87. The Bertz CT molecular complexity index is 589. The van der Waals surface area contributed by atoms with E-state index in [4.69, 9.17) is 14.2 Å². The lowest BCUT2D eigenvalue weighted by molar-refractivity contribution is 0.0168. The number of likely N-dealkylation sites (N-methyl/N-ethyl adjacent to an activating group) is 1. The highest BCUT2D eigenvalue weighted by atomic mass is 16.5. The first-order valence-electron chi connectivity index (χ1n) is 10.1. The van der Waals surface area contributed by atoms with Crippen molar-refractivity contribution in [2.24, 2.45) is 4.99 Å². The Hall–Kier alpha value is -1.83. The second kappa shape index (κ2) is 12.6. The highest BCUT2D eigenvalue weighted by Gasteiger charge is 2.16. The molecule has 0 spiro atoms. The summed E-state index contributed by atoms with van der Waals surface area (Å²) in [5.41, 5.74) is 1.20. The Morgan fingerprint density at radius 1 is 1.36 bits per heavy atom. The maximum Gasteiger partial charge on any atom is 0.191 e. The van der Waals surface area contributed by atoms with Crippen LogP contribution in [0.1, 0.15) is 30.9 Å². The summed E-state index contributed by atoms with van der Waals surface area (Å²) in [6.07, 6.45) is 3.50. The number of rotatable bonds is 11. The molecule has 1 aromatic carbocycles. The maximum atomic E-state index is 5.70. The fourth-order valence-corrected chi connectivity index (χ4v) is 3.23. The lowest BCUT2D eigenvalue weighted by Crippen LogP contribution is -2.42. The molecule has 2 rings (SSSR count). The van der Waals surface area contributed by atoms with Crippen LogP contribution < -0.4 is 15.4 Å². The molecule has 1 fully saturated rings. The summed E-state index contributed by atoms with van der Waals surface area (Å²) in [5, 5.41) is 6.77. The van der Waals surface area contributed by atoms with E-state index in [2.05, 4.69) is 46.8 Å². The van der Waals surface area contributed by atoms with Gasteiger partial charge < -0.3 is 29.7 Å². The van der Waals surface area contributed by atoms with Crippen LogP contribution >= 0.6 is 0 Å². The Morgan fingerprint density at radius 3 is 2.89 bits per heavy atom. The molecular weight excluding hydrogens is 356 g/mol. The van der Waals surface area contributed by atoms with Crippen LogP contribution in [0.5, 0.6) is 5.75 Å². The lowest BCUT2D eigenvalue weighted by atomic mass is 10.1. The van der Waals surface area contributed by atoms with E-state index >= 15 is 0 Å². The minimum atomic E-state index is 0.211. The molecule has 1 aliphatic rings.